The Bertz CT molecular complexity index is 505. The second-order valence-corrected chi connectivity index (χ2v) is 5.87. The minimum atomic E-state index is -4.53. The molecule has 7 heteroatoms. The molecule has 0 spiro atoms. The molecule has 2 atom stereocenters. The predicted octanol–water partition coefficient (Wildman–Crippen LogP) is 4.08. The lowest BCUT2D eigenvalue weighted by Gasteiger charge is -2.31. The van der Waals surface area contributed by atoms with E-state index in [1.807, 2.05) is 0 Å². The van der Waals surface area contributed by atoms with Crippen LogP contribution in [0.25, 0.3) is 0 Å². The molecule has 0 amide bonds. The van der Waals surface area contributed by atoms with Gasteiger partial charge in [-0.2, -0.15) is 13.2 Å². The third-order valence-electron chi connectivity index (χ3n) is 4.43. The number of halogens is 4. The molecule has 3 N–H and O–H groups in total. The molecule has 0 radical (unpaired) electrons. The zero-order valence-corrected chi connectivity index (χ0v) is 13.8. The normalized spacial score (nSPS) is 18.9. The van der Waals surface area contributed by atoms with E-state index < -0.39 is 23.9 Å². The number of aliphatic hydroxyl groups excluding tert-OH is 1. The van der Waals surface area contributed by atoms with Gasteiger partial charge in [0.15, 0.2) is 0 Å². The van der Waals surface area contributed by atoms with Gasteiger partial charge in [-0.1, -0.05) is 25.3 Å². The molecule has 0 aliphatic heterocycles. The van der Waals surface area contributed by atoms with E-state index in [4.69, 9.17) is 10.5 Å². The molecule has 0 unspecified atom stereocenters. The molecular formula is C16H23ClF3NO2. The van der Waals surface area contributed by atoms with Crippen LogP contribution in [-0.2, 0) is 6.18 Å². The van der Waals surface area contributed by atoms with Crippen molar-refractivity contribution in [2.75, 3.05) is 7.11 Å². The third-order valence-corrected chi connectivity index (χ3v) is 4.43. The van der Waals surface area contributed by atoms with Crippen LogP contribution in [0.4, 0.5) is 13.2 Å². The van der Waals surface area contributed by atoms with Crippen LogP contribution < -0.4 is 10.5 Å². The van der Waals surface area contributed by atoms with Gasteiger partial charge in [0, 0.05) is 0 Å². The number of aliphatic hydroxyl groups is 1. The van der Waals surface area contributed by atoms with E-state index >= 15 is 0 Å². The highest BCUT2D eigenvalue weighted by Crippen LogP contribution is 2.39. The van der Waals surface area contributed by atoms with Crippen molar-refractivity contribution in [2.24, 2.45) is 11.7 Å². The Morgan fingerprint density at radius 3 is 2.35 bits per heavy atom. The number of ether oxygens (including phenoxy) is 1. The quantitative estimate of drug-likeness (QED) is 0.857. The largest absolute Gasteiger partial charge is 0.497 e. The van der Waals surface area contributed by atoms with Gasteiger partial charge in [0.25, 0.3) is 0 Å². The second-order valence-electron chi connectivity index (χ2n) is 5.87. The highest BCUT2D eigenvalue weighted by atomic mass is 35.5. The summed E-state index contributed by atoms with van der Waals surface area (Å²) in [5.74, 6) is 0.0855. The predicted molar refractivity (Wildman–Crippen MR) is 84.8 cm³/mol. The molecule has 3 nitrogen and oxygen atoms in total. The Morgan fingerprint density at radius 1 is 1.22 bits per heavy atom. The Hall–Kier alpha value is -0.980. The van der Waals surface area contributed by atoms with Crippen LogP contribution in [-0.4, -0.2) is 18.3 Å². The van der Waals surface area contributed by atoms with Crippen LogP contribution in [0.2, 0.25) is 0 Å². The number of benzene rings is 1. The Morgan fingerprint density at radius 2 is 1.83 bits per heavy atom. The summed E-state index contributed by atoms with van der Waals surface area (Å²) in [6.45, 7) is 0. The zero-order chi connectivity index (χ0) is 16.3. The van der Waals surface area contributed by atoms with E-state index in [0.29, 0.717) is 0 Å². The molecule has 0 heterocycles. The Balaban J connectivity index is 0.00000264. The lowest BCUT2D eigenvalue weighted by atomic mass is 9.80. The molecule has 1 aromatic rings. The average Bonchev–Trinajstić information content (AvgIpc) is 2.53. The summed E-state index contributed by atoms with van der Waals surface area (Å²) in [5, 5.41) is 10.4. The standard InChI is InChI=1S/C16H22F3NO2.ClH/c1-22-11-7-8-12(13(9-11)16(17,18)19)14(20)15(21)10-5-3-2-4-6-10;/h7-10,14-15,21H,2-6,20H2,1H3;1H/t14-,15+;/m1./s1. The molecular weight excluding hydrogens is 331 g/mol. The Labute approximate surface area is 140 Å². The number of methoxy groups -OCH3 is 1. The van der Waals surface area contributed by atoms with Crippen LogP contribution in [0.3, 0.4) is 0 Å². The number of hydrogen-bond acceptors (Lipinski definition) is 3. The molecule has 1 aliphatic carbocycles. The molecule has 1 fully saturated rings. The van der Waals surface area contributed by atoms with Gasteiger partial charge in [0.05, 0.1) is 24.8 Å². The SMILES string of the molecule is COc1ccc([C@@H](N)[C@@H](O)C2CCCCC2)c(C(F)(F)F)c1.Cl. The topological polar surface area (TPSA) is 55.5 Å². The van der Waals surface area contributed by atoms with Gasteiger partial charge in [0.2, 0.25) is 0 Å². The van der Waals surface area contributed by atoms with Crippen molar-refractivity contribution >= 4 is 12.4 Å². The van der Waals surface area contributed by atoms with Crippen molar-refractivity contribution in [1.29, 1.82) is 0 Å². The van der Waals surface area contributed by atoms with E-state index in [0.717, 1.165) is 38.2 Å². The summed E-state index contributed by atoms with van der Waals surface area (Å²) in [6.07, 6.45) is -0.789. The number of rotatable bonds is 4. The smallest absolute Gasteiger partial charge is 0.416 e. The van der Waals surface area contributed by atoms with Crippen LogP contribution in [0.15, 0.2) is 18.2 Å². The van der Waals surface area contributed by atoms with Crippen molar-refractivity contribution in [3.8, 4) is 5.75 Å². The molecule has 0 aromatic heterocycles. The third kappa shape index (κ3) is 4.75. The summed E-state index contributed by atoms with van der Waals surface area (Å²) >= 11 is 0. The highest BCUT2D eigenvalue weighted by Gasteiger charge is 2.38. The Kier molecular flexibility index (Phi) is 7.17. The molecule has 0 saturated heterocycles. The fourth-order valence-electron chi connectivity index (χ4n) is 3.15. The first-order valence-corrected chi connectivity index (χ1v) is 7.53. The van der Waals surface area contributed by atoms with Gasteiger partial charge in [0.1, 0.15) is 5.75 Å². The lowest BCUT2D eigenvalue weighted by Crippen LogP contribution is -2.35. The fourth-order valence-corrected chi connectivity index (χ4v) is 3.15. The molecule has 2 rings (SSSR count). The van der Waals surface area contributed by atoms with Crippen molar-refractivity contribution in [3.05, 3.63) is 29.3 Å². The molecule has 1 saturated carbocycles. The molecule has 23 heavy (non-hydrogen) atoms. The van der Waals surface area contributed by atoms with Gasteiger partial charge >= 0.3 is 6.18 Å². The van der Waals surface area contributed by atoms with Gasteiger partial charge in [-0.3, -0.25) is 0 Å². The monoisotopic (exact) mass is 353 g/mol. The van der Waals surface area contributed by atoms with Crippen molar-refractivity contribution in [2.45, 2.75) is 50.4 Å². The maximum absolute atomic E-state index is 13.2. The highest BCUT2D eigenvalue weighted by molar-refractivity contribution is 5.85. The van der Waals surface area contributed by atoms with E-state index in [9.17, 15) is 18.3 Å². The maximum atomic E-state index is 13.2. The van der Waals surface area contributed by atoms with E-state index in [1.165, 1.54) is 19.2 Å². The van der Waals surface area contributed by atoms with Crippen LogP contribution in [0.5, 0.6) is 5.75 Å². The second kappa shape index (κ2) is 8.22. The van der Waals surface area contributed by atoms with E-state index in [2.05, 4.69) is 0 Å². The minimum absolute atomic E-state index is 0. The summed E-state index contributed by atoms with van der Waals surface area (Å²) in [5.41, 5.74) is 5.05. The minimum Gasteiger partial charge on any atom is -0.497 e. The first-order chi connectivity index (χ1) is 10.3. The molecule has 1 aliphatic rings. The van der Waals surface area contributed by atoms with E-state index in [1.54, 1.807) is 0 Å². The van der Waals surface area contributed by atoms with E-state index in [-0.39, 0.29) is 29.6 Å². The van der Waals surface area contributed by atoms with Crippen LogP contribution in [0, 0.1) is 5.92 Å². The summed E-state index contributed by atoms with van der Waals surface area (Å²) < 4.78 is 44.6. The van der Waals surface area contributed by atoms with Crippen LogP contribution >= 0.6 is 12.4 Å². The molecule has 132 valence electrons. The average molecular weight is 354 g/mol. The van der Waals surface area contributed by atoms with Gasteiger partial charge in [-0.25, -0.2) is 0 Å². The number of hydrogen-bond donors (Lipinski definition) is 2. The maximum Gasteiger partial charge on any atom is 0.416 e. The molecule has 1 aromatic carbocycles. The van der Waals surface area contributed by atoms with Crippen molar-refractivity contribution < 1.29 is 23.0 Å². The zero-order valence-electron chi connectivity index (χ0n) is 13.0. The summed E-state index contributed by atoms with van der Waals surface area (Å²) in [4.78, 5) is 0. The summed E-state index contributed by atoms with van der Waals surface area (Å²) in [7, 11) is 1.31. The summed E-state index contributed by atoms with van der Waals surface area (Å²) in [6, 6.07) is 2.63. The fraction of sp³-hybridized carbons (Fsp3) is 0.625. The van der Waals surface area contributed by atoms with Gasteiger partial charge in [-0.05, 0) is 36.5 Å². The van der Waals surface area contributed by atoms with Crippen molar-refractivity contribution in [1.82, 2.24) is 0 Å². The van der Waals surface area contributed by atoms with Crippen LogP contribution in [0.1, 0.15) is 49.3 Å². The van der Waals surface area contributed by atoms with Gasteiger partial charge < -0.3 is 15.6 Å². The molecule has 0 bridgehead atoms. The number of alkyl halides is 3. The van der Waals surface area contributed by atoms with Gasteiger partial charge in [-0.15, -0.1) is 12.4 Å². The first-order valence-electron chi connectivity index (χ1n) is 7.53. The number of nitrogens with two attached hydrogens (primary N) is 1. The van der Waals surface area contributed by atoms with Crippen molar-refractivity contribution in [3.63, 3.8) is 0 Å². The lowest BCUT2D eigenvalue weighted by molar-refractivity contribution is -0.138. The first kappa shape index (κ1) is 20.1.